The van der Waals surface area contributed by atoms with Crippen LogP contribution in [-0.2, 0) is 24.4 Å². The van der Waals surface area contributed by atoms with E-state index in [1.165, 1.54) is 5.56 Å². The molecule has 0 saturated heterocycles. The van der Waals surface area contributed by atoms with Gasteiger partial charge in [0.15, 0.2) is 0 Å². The van der Waals surface area contributed by atoms with E-state index in [1.54, 1.807) is 0 Å². The number of nitrogens with zero attached hydrogens (tertiary/aromatic N) is 5. The molecule has 0 aliphatic heterocycles. The lowest BCUT2D eigenvalue weighted by Crippen LogP contribution is -2.25. The molecule has 0 amide bonds. The van der Waals surface area contributed by atoms with Gasteiger partial charge in [-0.15, -0.1) is 0 Å². The van der Waals surface area contributed by atoms with Gasteiger partial charge in [0.2, 0.25) is 0 Å². The summed E-state index contributed by atoms with van der Waals surface area (Å²) in [6.07, 6.45) is 3.93. The van der Waals surface area contributed by atoms with Crippen molar-refractivity contribution in [3.63, 3.8) is 0 Å². The van der Waals surface area contributed by atoms with Gasteiger partial charge in [0.05, 0.1) is 11.9 Å². The lowest BCUT2D eigenvalue weighted by Gasteiger charge is -2.26. The molecule has 0 atom stereocenters. The van der Waals surface area contributed by atoms with Gasteiger partial charge in [-0.05, 0) is 0 Å². The third-order valence-corrected chi connectivity index (χ3v) is 3.72. The maximum absolute atomic E-state index is 4.82. The van der Waals surface area contributed by atoms with E-state index in [0.29, 0.717) is 0 Å². The first-order chi connectivity index (χ1) is 10.5. The van der Waals surface area contributed by atoms with E-state index in [0.717, 1.165) is 23.9 Å². The zero-order valence-corrected chi connectivity index (χ0v) is 15.7. The number of anilines is 1. The van der Waals surface area contributed by atoms with Gasteiger partial charge in [-0.2, -0.15) is 5.10 Å². The highest BCUT2D eigenvalue weighted by Crippen LogP contribution is 2.28. The van der Waals surface area contributed by atoms with Gasteiger partial charge < -0.3 is 4.90 Å². The average molecular weight is 315 g/mol. The van der Waals surface area contributed by atoms with Crippen LogP contribution < -0.4 is 4.90 Å². The summed E-state index contributed by atoms with van der Waals surface area (Å²) in [6, 6.07) is 2.10. The van der Waals surface area contributed by atoms with Gasteiger partial charge in [0.25, 0.3) is 0 Å². The molecule has 126 valence electrons. The van der Waals surface area contributed by atoms with E-state index in [-0.39, 0.29) is 10.8 Å². The molecule has 2 aromatic rings. The number of aryl methyl sites for hydroxylation is 1. The van der Waals surface area contributed by atoms with E-state index in [9.17, 15) is 0 Å². The smallest absolute Gasteiger partial charge is 0.136 e. The van der Waals surface area contributed by atoms with Crippen molar-refractivity contribution in [3.8, 4) is 0 Å². The second-order valence-corrected chi connectivity index (χ2v) is 8.31. The Hall–Kier alpha value is -1.91. The van der Waals surface area contributed by atoms with E-state index < -0.39 is 0 Å². The fourth-order valence-corrected chi connectivity index (χ4v) is 2.26. The molecule has 0 saturated carbocycles. The molecule has 0 spiro atoms. The fraction of sp³-hybridized carbons (Fsp3) is 0.611. The lowest BCUT2D eigenvalue weighted by atomic mass is 9.90. The van der Waals surface area contributed by atoms with E-state index in [1.807, 2.05) is 24.1 Å². The largest absolute Gasteiger partial charge is 0.355 e. The van der Waals surface area contributed by atoms with Gasteiger partial charge in [-0.1, -0.05) is 41.5 Å². The van der Waals surface area contributed by atoms with Crippen LogP contribution in [0.1, 0.15) is 58.6 Å². The van der Waals surface area contributed by atoms with Crippen LogP contribution in [0.4, 0.5) is 5.82 Å². The number of aromatic nitrogens is 4. The first-order valence-electron chi connectivity index (χ1n) is 8.05. The van der Waals surface area contributed by atoms with Gasteiger partial charge >= 0.3 is 0 Å². The van der Waals surface area contributed by atoms with Crippen LogP contribution in [0.2, 0.25) is 0 Å². The number of hydrogen-bond donors (Lipinski definition) is 0. The summed E-state index contributed by atoms with van der Waals surface area (Å²) in [4.78, 5) is 11.8. The maximum atomic E-state index is 4.82. The van der Waals surface area contributed by atoms with Crippen molar-refractivity contribution in [2.45, 2.75) is 58.9 Å². The van der Waals surface area contributed by atoms with Crippen molar-refractivity contribution in [2.24, 2.45) is 7.05 Å². The maximum Gasteiger partial charge on any atom is 0.136 e. The zero-order valence-electron chi connectivity index (χ0n) is 15.7. The average Bonchev–Trinajstić information content (AvgIpc) is 2.81. The third-order valence-electron chi connectivity index (χ3n) is 3.72. The minimum absolute atomic E-state index is 0.00711. The Labute approximate surface area is 139 Å². The second-order valence-electron chi connectivity index (χ2n) is 8.31. The molecule has 0 unspecified atom stereocenters. The molecule has 0 fully saturated rings. The Morgan fingerprint density at radius 1 is 1.04 bits per heavy atom. The van der Waals surface area contributed by atoms with Crippen molar-refractivity contribution in [3.05, 3.63) is 35.5 Å². The summed E-state index contributed by atoms with van der Waals surface area (Å²) >= 11 is 0. The van der Waals surface area contributed by atoms with Gasteiger partial charge in [-0.25, -0.2) is 9.97 Å². The molecule has 0 aliphatic rings. The summed E-state index contributed by atoms with van der Waals surface area (Å²) < 4.78 is 1.82. The molecular weight excluding hydrogens is 286 g/mol. The van der Waals surface area contributed by atoms with Crippen LogP contribution in [0.5, 0.6) is 0 Å². The summed E-state index contributed by atoms with van der Waals surface area (Å²) in [7, 11) is 4.00. The first kappa shape index (κ1) is 17.4. The molecule has 2 aromatic heterocycles. The second kappa shape index (κ2) is 5.95. The van der Waals surface area contributed by atoms with Crippen molar-refractivity contribution >= 4 is 5.82 Å². The van der Waals surface area contributed by atoms with Crippen LogP contribution in [0.25, 0.3) is 0 Å². The predicted octanol–water partition coefficient (Wildman–Crippen LogP) is 3.44. The Bertz CT molecular complexity index is 641. The monoisotopic (exact) mass is 315 g/mol. The normalized spacial score (nSPS) is 12.5. The van der Waals surface area contributed by atoms with E-state index >= 15 is 0 Å². The van der Waals surface area contributed by atoms with E-state index in [2.05, 4.69) is 64.7 Å². The summed E-state index contributed by atoms with van der Waals surface area (Å²) in [6.45, 7) is 13.8. The summed E-state index contributed by atoms with van der Waals surface area (Å²) in [5, 5.41) is 4.23. The van der Waals surface area contributed by atoms with Gasteiger partial charge in [0, 0.05) is 49.3 Å². The number of rotatable bonds is 3. The predicted molar refractivity (Wildman–Crippen MR) is 94.7 cm³/mol. The molecular formula is C18H29N5. The van der Waals surface area contributed by atoms with Crippen LogP contribution in [-0.4, -0.2) is 26.8 Å². The Balaban J connectivity index is 2.40. The van der Waals surface area contributed by atoms with Gasteiger partial charge in [0.1, 0.15) is 11.6 Å². The SMILES string of the molecule is CN(Cc1cnn(C)c1)c1cc(C(C)(C)C)nc(C(C)(C)C)n1. The minimum Gasteiger partial charge on any atom is -0.355 e. The summed E-state index contributed by atoms with van der Waals surface area (Å²) in [5.74, 6) is 1.84. The van der Waals surface area contributed by atoms with Gasteiger partial charge in [-0.3, -0.25) is 4.68 Å². The van der Waals surface area contributed by atoms with Crippen molar-refractivity contribution in [1.29, 1.82) is 0 Å². The zero-order chi connectivity index (χ0) is 17.4. The fourth-order valence-electron chi connectivity index (χ4n) is 2.26. The molecule has 5 heteroatoms. The first-order valence-corrected chi connectivity index (χ1v) is 8.05. The third kappa shape index (κ3) is 4.30. The van der Waals surface area contributed by atoms with Crippen LogP contribution in [0.15, 0.2) is 18.5 Å². The highest BCUT2D eigenvalue weighted by molar-refractivity contribution is 5.42. The molecule has 2 rings (SSSR count). The molecule has 0 aromatic carbocycles. The molecule has 0 N–H and O–H groups in total. The standard InChI is InChI=1S/C18H29N5/c1-17(2,3)14-9-15(21-16(20-14)18(4,5)6)22(7)11-13-10-19-23(8)12-13/h9-10,12H,11H2,1-8H3. The minimum atomic E-state index is -0.0782. The molecule has 2 heterocycles. The van der Waals surface area contributed by atoms with Crippen molar-refractivity contribution in [1.82, 2.24) is 19.7 Å². The highest BCUT2D eigenvalue weighted by atomic mass is 15.2. The highest BCUT2D eigenvalue weighted by Gasteiger charge is 2.24. The summed E-state index contributed by atoms with van der Waals surface area (Å²) in [5.41, 5.74) is 2.16. The molecule has 0 radical (unpaired) electrons. The molecule has 0 bridgehead atoms. The van der Waals surface area contributed by atoms with Crippen LogP contribution in [0, 0.1) is 0 Å². The van der Waals surface area contributed by atoms with Crippen molar-refractivity contribution < 1.29 is 0 Å². The molecule has 0 aliphatic carbocycles. The topological polar surface area (TPSA) is 46.8 Å². The Morgan fingerprint density at radius 2 is 1.70 bits per heavy atom. The Kier molecular flexibility index (Phi) is 4.51. The number of hydrogen-bond acceptors (Lipinski definition) is 4. The van der Waals surface area contributed by atoms with E-state index in [4.69, 9.17) is 9.97 Å². The van der Waals surface area contributed by atoms with Crippen LogP contribution in [0.3, 0.4) is 0 Å². The molecule has 23 heavy (non-hydrogen) atoms. The van der Waals surface area contributed by atoms with Crippen molar-refractivity contribution in [2.75, 3.05) is 11.9 Å². The Morgan fingerprint density at radius 3 is 2.17 bits per heavy atom. The molecule has 5 nitrogen and oxygen atoms in total. The lowest BCUT2D eigenvalue weighted by molar-refractivity contribution is 0.513. The quantitative estimate of drug-likeness (QED) is 0.870. The van der Waals surface area contributed by atoms with Crippen LogP contribution >= 0.6 is 0 Å².